The Morgan fingerprint density at radius 2 is 1.55 bits per heavy atom. The van der Waals surface area contributed by atoms with E-state index >= 15 is 0 Å². The molecule has 1 aliphatic heterocycles. The van der Waals surface area contributed by atoms with Gasteiger partial charge >= 0.3 is 0 Å². The third-order valence-electron chi connectivity index (χ3n) is 5.65. The lowest BCUT2D eigenvalue weighted by Gasteiger charge is -2.25. The van der Waals surface area contributed by atoms with E-state index in [9.17, 15) is 0 Å². The number of aromatic nitrogens is 3. The summed E-state index contributed by atoms with van der Waals surface area (Å²) < 4.78 is 4.84. The zero-order valence-electron chi connectivity index (χ0n) is 17.6. The summed E-state index contributed by atoms with van der Waals surface area (Å²) in [6.07, 6.45) is 3.84. The topological polar surface area (TPSA) is 26.0 Å². The normalized spacial score (nSPS) is 15.6. The first-order valence-corrected chi connectivity index (χ1v) is 10.9. The van der Waals surface area contributed by atoms with Crippen LogP contribution in [0.1, 0.15) is 45.6 Å². The standard InChI is InChI=1S/C24H30N4S/c1-24(2,3)20-14-12-19(13-15-20)22-25-27(18-26-16-8-5-9-17-26)23(29)28(22)21-10-6-4-7-11-21/h4,6-7,10-15H,5,8-9,16-18H2,1-3H3. The summed E-state index contributed by atoms with van der Waals surface area (Å²) in [7, 11) is 0. The lowest BCUT2D eigenvalue weighted by Crippen LogP contribution is -2.32. The Morgan fingerprint density at radius 3 is 2.17 bits per heavy atom. The van der Waals surface area contributed by atoms with Crippen LogP contribution in [0.2, 0.25) is 0 Å². The van der Waals surface area contributed by atoms with Crippen LogP contribution in [0.15, 0.2) is 54.6 Å². The number of hydrogen-bond donors (Lipinski definition) is 0. The SMILES string of the molecule is CC(C)(C)c1ccc(-c2nn(CN3CCCCC3)c(=S)n2-c2ccccc2)cc1. The van der Waals surface area contributed by atoms with Gasteiger partial charge in [-0.15, -0.1) is 5.10 Å². The predicted molar refractivity (Wildman–Crippen MR) is 122 cm³/mol. The second kappa shape index (κ2) is 8.25. The van der Waals surface area contributed by atoms with Gasteiger partial charge in [-0.1, -0.05) is 69.7 Å². The predicted octanol–water partition coefficient (Wildman–Crippen LogP) is 5.81. The molecule has 1 fully saturated rings. The van der Waals surface area contributed by atoms with Crippen molar-refractivity contribution in [2.45, 2.75) is 52.1 Å². The first kappa shape index (κ1) is 20.0. The zero-order valence-corrected chi connectivity index (χ0v) is 18.5. The Bertz CT molecular complexity index is 1000. The molecule has 4 nitrogen and oxygen atoms in total. The number of nitrogens with zero attached hydrogens (tertiary/aromatic N) is 4. The lowest BCUT2D eigenvalue weighted by atomic mass is 9.87. The van der Waals surface area contributed by atoms with Gasteiger partial charge in [-0.2, -0.15) is 0 Å². The third-order valence-corrected chi connectivity index (χ3v) is 6.04. The minimum atomic E-state index is 0.130. The van der Waals surface area contributed by atoms with Gasteiger partial charge in [-0.25, -0.2) is 4.68 Å². The van der Waals surface area contributed by atoms with Gasteiger partial charge in [0.25, 0.3) is 0 Å². The summed E-state index contributed by atoms with van der Waals surface area (Å²) in [4.78, 5) is 2.45. The quantitative estimate of drug-likeness (QED) is 0.511. The number of benzene rings is 2. The highest BCUT2D eigenvalue weighted by molar-refractivity contribution is 7.71. The van der Waals surface area contributed by atoms with Crippen molar-refractivity contribution in [3.8, 4) is 17.1 Å². The van der Waals surface area contributed by atoms with Crippen LogP contribution in [0, 0.1) is 4.77 Å². The number of rotatable bonds is 4. The van der Waals surface area contributed by atoms with Crippen molar-refractivity contribution < 1.29 is 0 Å². The second-order valence-electron chi connectivity index (χ2n) is 8.92. The van der Waals surface area contributed by atoms with E-state index in [-0.39, 0.29) is 5.41 Å². The molecular weight excluding hydrogens is 376 g/mol. The highest BCUT2D eigenvalue weighted by Gasteiger charge is 2.19. The average Bonchev–Trinajstić information content (AvgIpc) is 3.05. The molecule has 0 bridgehead atoms. The molecule has 0 aliphatic carbocycles. The highest BCUT2D eigenvalue weighted by atomic mass is 32.1. The largest absolute Gasteiger partial charge is 0.284 e. The number of likely N-dealkylation sites (tertiary alicyclic amines) is 1. The van der Waals surface area contributed by atoms with Gasteiger partial charge in [-0.3, -0.25) is 9.47 Å². The van der Waals surface area contributed by atoms with Crippen LogP contribution in [-0.2, 0) is 12.1 Å². The van der Waals surface area contributed by atoms with Crippen LogP contribution in [-0.4, -0.2) is 32.3 Å². The fourth-order valence-electron chi connectivity index (χ4n) is 3.91. The van der Waals surface area contributed by atoms with Crippen LogP contribution in [0.3, 0.4) is 0 Å². The zero-order chi connectivity index (χ0) is 20.4. The van der Waals surface area contributed by atoms with E-state index in [4.69, 9.17) is 17.3 Å². The maximum Gasteiger partial charge on any atom is 0.204 e. The Kier molecular flexibility index (Phi) is 5.70. The van der Waals surface area contributed by atoms with Gasteiger partial charge in [-0.05, 0) is 61.3 Å². The summed E-state index contributed by atoms with van der Waals surface area (Å²) in [5.74, 6) is 0.902. The first-order valence-electron chi connectivity index (χ1n) is 10.5. The van der Waals surface area contributed by atoms with E-state index in [0.29, 0.717) is 0 Å². The van der Waals surface area contributed by atoms with Gasteiger partial charge in [0.2, 0.25) is 4.77 Å². The summed E-state index contributed by atoms with van der Waals surface area (Å²) in [5.41, 5.74) is 3.59. The Labute approximate surface area is 178 Å². The van der Waals surface area contributed by atoms with E-state index in [1.807, 2.05) is 22.9 Å². The highest BCUT2D eigenvalue weighted by Crippen LogP contribution is 2.27. The molecule has 0 atom stereocenters. The minimum absolute atomic E-state index is 0.130. The summed E-state index contributed by atoms with van der Waals surface area (Å²) in [5, 5.41) is 4.98. The molecule has 4 rings (SSSR count). The van der Waals surface area contributed by atoms with Gasteiger partial charge in [0.15, 0.2) is 5.82 Å². The van der Waals surface area contributed by atoms with Gasteiger partial charge in [0.05, 0.1) is 6.67 Å². The van der Waals surface area contributed by atoms with E-state index in [2.05, 4.69) is 66.6 Å². The minimum Gasteiger partial charge on any atom is -0.284 e. The molecule has 1 saturated heterocycles. The lowest BCUT2D eigenvalue weighted by molar-refractivity contribution is 0.172. The van der Waals surface area contributed by atoms with Crippen LogP contribution < -0.4 is 0 Å². The Hall–Kier alpha value is -2.24. The maximum atomic E-state index is 5.89. The maximum absolute atomic E-state index is 5.89. The van der Waals surface area contributed by atoms with Crippen molar-refractivity contribution in [1.29, 1.82) is 0 Å². The van der Waals surface area contributed by atoms with Crippen molar-refractivity contribution >= 4 is 12.2 Å². The molecular formula is C24H30N4S. The van der Waals surface area contributed by atoms with Crippen molar-refractivity contribution in [2.24, 2.45) is 0 Å². The molecule has 3 aromatic rings. The average molecular weight is 407 g/mol. The van der Waals surface area contributed by atoms with Crippen molar-refractivity contribution in [3.63, 3.8) is 0 Å². The van der Waals surface area contributed by atoms with Crippen LogP contribution in [0.5, 0.6) is 0 Å². The fourth-order valence-corrected chi connectivity index (χ4v) is 4.20. The van der Waals surface area contributed by atoms with Crippen molar-refractivity contribution in [3.05, 3.63) is 64.9 Å². The third kappa shape index (κ3) is 4.36. The molecule has 1 aromatic heterocycles. The number of piperidine rings is 1. The Morgan fingerprint density at radius 1 is 0.897 bits per heavy atom. The summed E-state index contributed by atoms with van der Waals surface area (Å²) in [6, 6.07) is 19.1. The fraction of sp³-hybridized carbons (Fsp3) is 0.417. The molecule has 29 heavy (non-hydrogen) atoms. The molecule has 5 heteroatoms. The number of hydrogen-bond acceptors (Lipinski definition) is 3. The Balaban J connectivity index is 1.77. The molecule has 0 spiro atoms. The van der Waals surface area contributed by atoms with E-state index in [0.717, 1.165) is 41.6 Å². The smallest absolute Gasteiger partial charge is 0.204 e. The molecule has 0 amide bonds. The first-order chi connectivity index (χ1) is 13.9. The monoisotopic (exact) mass is 406 g/mol. The van der Waals surface area contributed by atoms with Gasteiger partial charge < -0.3 is 0 Å². The van der Waals surface area contributed by atoms with Crippen LogP contribution in [0.25, 0.3) is 17.1 Å². The summed E-state index contributed by atoms with van der Waals surface area (Å²) in [6.45, 7) is 9.71. The van der Waals surface area contributed by atoms with Crippen molar-refractivity contribution in [2.75, 3.05) is 13.1 Å². The van der Waals surface area contributed by atoms with E-state index in [1.165, 1.54) is 24.8 Å². The molecule has 1 aliphatic rings. The van der Waals surface area contributed by atoms with Crippen molar-refractivity contribution in [1.82, 2.24) is 19.2 Å². The molecule has 0 N–H and O–H groups in total. The molecule has 0 saturated carbocycles. The van der Waals surface area contributed by atoms with Crippen LogP contribution in [0.4, 0.5) is 0 Å². The number of para-hydroxylation sites is 1. The molecule has 2 aromatic carbocycles. The van der Waals surface area contributed by atoms with E-state index < -0.39 is 0 Å². The molecule has 152 valence electrons. The van der Waals surface area contributed by atoms with Gasteiger partial charge in [0.1, 0.15) is 0 Å². The second-order valence-corrected chi connectivity index (χ2v) is 9.29. The molecule has 2 heterocycles. The van der Waals surface area contributed by atoms with Crippen LogP contribution >= 0.6 is 12.2 Å². The molecule has 0 unspecified atom stereocenters. The summed E-state index contributed by atoms with van der Waals surface area (Å²) >= 11 is 5.89. The van der Waals surface area contributed by atoms with E-state index in [1.54, 1.807) is 0 Å². The molecule has 0 radical (unpaired) electrons. The van der Waals surface area contributed by atoms with Gasteiger partial charge in [0, 0.05) is 11.3 Å².